The molecule has 0 spiro atoms. The van der Waals surface area contributed by atoms with Crippen LogP contribution in [-0.2, 0) is 14.3 Å². The molecule has 1 aliphatic carbocycles. The molecule has 0 radical (unpaired) electrons. The van der Waals surface area contributed by atoms with Gasteiger partial charge in [0.25, 0.3) is 5.91 Å². The van der Waals surface area contributed by atoms with Crippen molar-refractivity contribution in [3.05, 3.63) is 34.3 Å². The molecule has 1 atom stereocenters. The van der Waals surface area contributed by atoms with Gasteiger partial charge in [-0.25, -0.2) is 0 Å². The summed E-state index contributed by atoms with van der Waals surface area (Å²) in [4.78, 5) is 22.9. The number of rotatable bonds is 5. The number of nitrogens with one attached hydrogen (secondary N) is 1. The van der Waals surface area contributed by atoms with Crippen LogP contribution in [0.2, 0.25) is 0 Å². The average Bonchev–Trinajstić information content (AvgIpc) is 3.21. The third-order valence-electron chi connectivity index (χ3n) is 3.00. The highest BCUT2D eigenvalue weighted by Crippen LogP contribution is 2.29. The Morgan fingerprint density at radius 3 is 2.58 bits per heavy atom. The monoisotopic (exact) mass is 325 g/mol. The summed E-state index contributed by atoms with van der Waals surface area (Å²) in [6.07, 6.45) is 1.77. The van der Waals surface area contributed by atoms with E-state index in [1.807, 2.05) is 31.2 Å². The normalized spacial score (nSPS) is 15.7. The van der Waals surface area contributed by atoms with Gasteiger partial charge in [-0.2, -0.15) is 0 Å². The van der Waals surface area contributed by atoms with E-state index in [1.54, 1.807) is 0 Å². The quantitative estimate of drug-likeness (QED) is 0.846. The first kappa shape index (κ1) is 14.1. The molecule has 1 aromatic rings. The van der Waals surface area contributed by atoms with Crippen LogP contribution < -0.4 is 5.32 Å². The van der Waals surface area contributed by atoms with E-state index >= 15 is 0 Å². The lowest BCUT2D eigenvalue weighted by Crippen LogP contribution is -2.31. The van der Waals surface area contributed by atoms with Gasteiger partial charge in [-0.3, -0.25) is 9.59 Å². The molecule has 1 N–H and O–H groups in total. The summed E-state index contributed by atoms with van der Waals surface area (Å²) >= 11 is 3.36. The molecule has 102 valence electrons. The van der Waals surface area contributed by atoms with Crippen molar-refractivity contribution in [1.82, 2.24) is 5.32 Å². The van der Waals surface area contributed by atoms with Crippen molar-refractivity contribution >= 4 is 27.8 Å². The minimum Gasteiger partial charge on any atom is -0.455 e. The fraction of sp³-hybridized carbons (Fsp3) is 0.429. The topological polar surface area (TPSA) is 55.4 Å². The third-order valence-corrected chi connectivity index (χ3v) is 3.53. The van der Waals surface area contributed by atoms with E-state index in [4.69, 9.17) is 4.74 Å². The first-order chi connectivity index (χ1) is 9.06. The van der Waals surface area contributed by atoms with E-state index in [0.29, 0.717) is 0 Å². The predicted molar refractivity (Wildman–Crippen MR) is 74.4 cm³/mol. The molecule has 19 heavy (non-hydrogen) atoms. The second-order valence-electron chi connectivity index (χ2n) is 4.72. The maximum absolute atomic E-state index is 11.6. The van der Waals surface area contributed by atoms with Gasteiger partial charge in [0, 0.05) is 4.47 Å². The molecule has 0 aromatic heterocycles. The molecule has 1 unspecified atom stereocenters. The second kappa shape index (κ2) is 6.19. The molecule has 5 heteroatoms. The van der Waals surface area contributed by atoms with Gasteiger partial charge in [0.15, 0.2) is 6.61 Å². The standard InChI is InChI=1S/C14H16BrNO3/c1-9(10-4-6-12(15)7-5-10)16-13(17)8-19-14(18)11-2-3-11/h4-7,9,11H,2-3,8H2,1H3,(H,16,17). The predicted octanol–water partition coefficient (Wildman–Crippen LogP) is 2.58. The fourth-order valence-electron chi connectivity index (χ4n) is 1.69. The van der Waals surface area contributed by atoms with E-state index in [9.17, 15) is 9.59 Å². The number of ether oxygens (including phenoxy) is 1. The Bertz CT molecular complexity index is 468. The van der Waals surface area contributed by atoms with Crippen molar-refractivity contribution < 1.29 is 14.3 Å². The van der Waals surface area contributed by atoms with Gasteiger partial charge < -0.3 is 10.1 Å². The van der Waals surface area contributed by atoms with E-state index in [0.717, 1.165) is 22.9 Å². The van der Waals surface area contributed by atoms with Crippen LogP contribution >= 0.6 is 15.9 Å². The number of carbonyl (C=O) groups excluding carboxylic acids is 2. The molecule has 0 heterocycles. The van der Waals surface area contributed by atoms with E-state index in [2.05, 4.69) is 21.2 Å². The summed E-state index contributed by atoms with van der Waals surface area (Å²) in [5.41, 5.74) is 1.00. The number of amides is 1. The third kappa shape index (κ3) is 4.35. The molecule has 0 saturated heterocycles. The molecule has 2 rings (SSSR count). The van der Waals surface area contributed by atoms with E-state index in [1.165, 1.54) is 0 Å². The minimum atomic E-state index is -0.274. The molecular weight excluding hydrogens is 310 g/mol. The van der Waals surface area contributed by atoms with Crippen LogP contribution in [0.15, 0.2) is 28.7 Å². The lowest BCUT2D eigenvalue weighted by Gasteiger charge is -2.14. The molecule has 1 fully saturated rings. The smallest absolute Gasteiger partial charge is 0.309 e. The molecule has 1 aromatic carbocycles. The average molecular weight is 326 g/mol. The summed E-state index contributed by atoms with van der Waals surface area (Å²) in [5.74, 6) is -0.507. The Labute approximate surface area is 120 Å². The van der Waals surface area contributed by atoms with Crippen LogP contribution in [0.25, 0.3) is 0 Å². The van der Waals surface area contributed by atoms with Crippen molar-refractivity contribution in [2.75, 3.05) is 6.61 Å². The molecule has 1 saturated carbocycles. The van der Waals surface area contributed by atoms with Gasteiger partial charge in [-0.1, -0.05) is 28.1 Å². The Morgan fingerprint density at radius 2 is 2.00 bits per heavy atom. The van der Waals surface area contributed by atoms with Crippen LogP contribution in [0.5, 0.6) is 0 Å². The maximum atomic E-state index is 11.6. The number of hydrogen-bond donors (Lipinski definition) is 1. The summed E-state index contributed by atoms with van der Waals surface area (Å²) in [7, 11) is 0. The molecule has 0 aliphatic heterocycles. The number of carbonyl (C=O) groups is 2. The van der Waals surface area contributed by atoms with Crippen LogP contribution in [0, 0.1) is 5.92 Å². The van der Waals surface area contributed by atoms with E-state index in [-0.39, 0.29) is 30.4 Å². The number of esters is 1. The Kier molecular flexibility index (Phi) is 4.58. The van der Waals surface area contributed by atoms with Gasteiger partial charge >= 0.3 is 5.97 Å². The fourth-order valence-corrected chi connectivity index (χ4v) is 1.96. The first-order valence-electron chi connectivity index (χ1n) is 6.27. The van der Waals surface area contributed by atoms with Gasteiger partial charge in [0.05, 0.1) is 12.0 Å². The highest BCUT2D eigenvalue weighted by molar-refractivity contribution is 9.10. The summed E-state index contributed by atoms with van der Waals surface area (Å²) in [5, 5.41) is 2.80. The van der Waals surface area contributed by atoms with Crippen LogP contribution in [0.1, 0.15) is 31.4 Å². The van der Waals surface area contributed by atoms with Gasteiger partial charge in [0.1, 0.15) is 0 Å². The zero-order valence-corrected chi connectivity index (χ0v) is 12.3. The van der Waals surface area contributed by atoms with Crippen LogP contribution in [0.3, 0.4) is 0 Å². The van der Waals surface area contributed by atoms with Gasteiger partial charge in [-0.05, 0) is 37.5 Å². The van der Waals surface area contributed by atoms with Gasteiger partial charge in [0.2, 0.25) is 0 Å². The lowest BCUT2D eigenvalue weighted by atomic mass is 10.1. The molecule has 1 amide bonds. The van der Waals surface area contributed by atoms with Crippen LogP contribution in [-0.4, -0.2) is 18.5 Å². The van der Waals surface area contributed by atoms with Crippen molar-refractivity contribution in [2.24, 2.45) is 5.92 Å². The zero-order valence-electron chi connectivity index (χ0n) is 10.7. The summed E-state index contributed by atoms with van der Waals surface area (Å²) in [6.45, 7) is 1.69. The molecular formula is C14H16BrNO3. The summed E-state index contributed by atoms with van der Waals surface area (Å²) < 4.78 is 5.92. The lowest BCUT2D eigenvalue weighted by molar-refractivity contribution is -0.150. The zero-order chi connectivity index (χ0) is 13.8. The molecule has 0 bridgehead atoms. The SMILES string of the molecule is CC(NC(=O)COC(=O)C1CC1)c1ccc(Br)cc1. The largest absolute Gasteiger partial charge is 0.455 e. The van der Waals surface area contributed by atoms with Crippen molar-refractivity contribution in [2.45, 2.75) is 25.8 Å². The maximum Gasteiger partial charge on any atom is 0.309 e. The van der Waals surface area contributed by atoms with Crippen molar-refractivity contribution in [3.8, 4) is 0 Å². The number of halogens is 1. The number of hydrogen-bond acceptors (Lipinski definition) is 3. The van der Waals surface area contributed by atoms with Crippen molar-refractivity contribution in [1.29, 1.82) is 0 Å². The minimum absolute atomic E-state index is 0.0247. The highest BCUT2D eigenvalue weighted by Gasteiger charge is 2.31. The second-order valence-corrected chi connectivity index (χ2v) is 5.64. The van der Waals surface area contributed by atoms with E-state index < -0.39 is 0 Å². The van der Waals surface area contributed by atoms with Gasteiger partial charge in [-0.15, -0.1) is 0 Å². The van der Waals surface area contributed by atoms with Crippen LogP contribution in [0.4, 0.5) is 0 Å². The molecule has 1 aliphatic rings. The Morgan fingerprint density at radius 1 is 1.37 bits per heavy atom. The Balaban J connectivity index is 1.77. The number of benzene rings is 1. The highest BCUT2D eigenvalue weighted by atomic mass is 79.9. The molecule has 4 nitrogen and oxygen atoms in total. The van der Waals surface area contributed by atoms with Crippen molar-refractivity contribution in [3.63, 3.8) is 0 Å². The summed E-state index contributed by atoms with van der Waals surface area (Å²) in [6, 6.07) is 7.60. The Hall–Kier alpha value is -1.36. The first-order valence-corrected chi connectivity index (χ1v) is 7.07.